The van der Waals surface area contributed by atoms with Gasteiger partial charge in [-0.1, -0.05) is 51.1 Å². The molecule has 2 aromatic heterocycles. The molecule has 0 unspecified atom stereocenters. The van der Waals surface area contributed by atoms with Crippen LogP contribution in [0.5, 0.6) is 0 Å². The average molecular weight is 552 g/mol. The van der Waals surface area contributed by atoms with E-state index in [1.807, 2.05) is 51.1 Å². The fraction of sp³-hybridized carbons (Fsp3) is 0.379. The van der Waals surface area contributed by atoms with Gasteiger partial charge < -0.3 is 25.2 Å². The highest BCUT2D eigenvalue weighted by Gasteiger charge is 2.33. The summed E-state index contributed by atoms with van der Waals surface area (Å²) in [6.45, 7) is 6.10. The van der Waals surface area contributed by atoms with Crippen molar-refractivity contribution in [2.45, 2.75) is 50.6 Å². The summed E-state index contributed by atoms with van der Waals surface area (Å²) in [5.41, 5.74) is 2.14. The predicted molar refractivity (Wildman–Crippen MR) is 153 cm³/mol. The minimum absolute atomic E-state index is 0.179. The zero-order valence-corrected chi connectivity index (χ0v) is 23.6. The first-order valence-electron chi connectivity index (χ1n) is 12.8. The molecule has 9 nitrogen and oxygen atoms in total. The second-order valence-electron chi connectivity index (χ2n) is 10.3. The number of pyridine rings is 1. The van der Waals surface area contributed by atoms with Crippen LogP contribution in [0.2, 0.25) is 0 Å². The van der Waals surface area contributed by atoms with Crippen molar-refractivity contribution < 1.29 is 19.5 Å². The number of aliphatic hydroxyl groups is 1. The number of carbonyl (C=O) groups excluding carboxylic acids is 3. The zero-order chi connectivity index (χ0) is 28.4. The molecule has 0 fully saturated rings. The van der Waals surface area contributed by atoms with Crippen LogP contribution in [0.3, 0.4) is 0 Å². The predicted octanol–water partition coefficient (Wildman–Crippen LogP) is 2.76. The van der Waals surface area contributed by atoms with E-state index in [1.54, 1.807) is 54.5 Å². The summed E-state index contributed by atoms with van der Waals surface area (Å²) >= 11 is 1.49. The Labute approximate surface area is 234 Å². The van der Waals surface area contributed by atoms with Crippen LogP contribution in [0.4, 0.5) is 0 Å². The summed E-state index contributed by atoms with van der Waals surface area (Å²) < 4.78 is 1.49. The SMILES string of the molecule is Cn1cccc1C(=O)N[C@@H](Cc1ccccc1)[C@H](O)C(=O)N(CSC(C)(C)C)CC(=O)NCc1ccncc1. The first-order valence-corrected chi connectivity index (χ1v) is 13.7. The molecule has 208 valence electrons. The van der Waals surface area contributed by atoms with Crippen LogP contribution >= 0.6 is 11.8 Å². The number of rotatable bonds is 12. The van der Waals surface area contributed by atoms with Gasteiger partial charge in [0.25, 0.3) is 11.8 Å². The molecule has 2 heterocycles. The lowest BCUT2D eigenvalue weighted by Gasteiger charge is -2.31. The number of hydrogen-bond acceptors (Lipinski definition) is 6. The van der Waals surface area contributed by atoms with Crippen molar-refractivity contribution >= 4 is 29.5 Å². The van der Waals surface area contributed by atoms with Crippen LogP contribution in [0.1, 0.15) is 42.4 Å². The van der Waals surface area contributed by atoms with Crippen molar-refractivity contribution in [2.24, 2.45) is 7.05 Å². The molecule has 0 bridgehead atoms. The Morgan fingerprint density at radius 1 is 1.03 bits per heavy atom. The largest absolute Gasteiger partial charge is 0.381 e. The highest BCUT2D eigenvalue weighted by molar-refractivity contribution is 8.00. The monoisotopic (exact) mass is 551 g/mol. The van der Waals surface area contributed by atoms with Gasteiger partial charge in [-0.05, 0) is 41.8 Å². The maximum Gasteiger partial charge on any atom is 0.268 e. The number of aromatic nitrogens is 2. The first-order chi connectivity index (χ1) is 18.5. The number of nitrogens with one attached hydrogen (secondary N) is 2. The molecule has 0 spiro atoms. The van der Waals surface area contributed by atoms with Crippen molar-refractivity contribution in [3.05, 3.63) is 90.0 Å². The van der Waals surface area contributed by atoms with Gasteiger partial charge in [-0.3, -0.25) is 19.4 Å². The molecule has 3 N–H and O–H groups in total. The summed E-state index contributed by atoms with van der Waals surface area (Å²) in [6, 6.07) is 15.4. The maximum absolute atomic E-state index is 13.7. The molecule has 0 aliphatic heterocycles. The lowest BCUT2D eigenvalue weighted by atomic mass is 10.00. The number of nitrogens with zero attached hydrogens (tertiary/aromatic N) is 3. The Morgan fingerprint density at radius 2 is 1.72 bits per heavy atom. The Balaban J connectivity index is 1.78. The van der Waals surface area contributed by atoms with Gasteiger partial charge in [-0.15, -0.1) is 11.8 Å². The lowest BCUT2D eigenvalue weighted by Crippen LogP contribution is -2.54. The Bertz CT molecular complexity index is 1230. The second kappa shape index (κ2) is 14.0. The maximum atomic E-state index is 13.7. The van der Waals surface area contributed by atoms with Crippen LogP contribution in [0, 0.1) is 0 Å². The molecule has 3 aromatic rings. The third-order valence-electron chi connectivity index (χ3n) is 5.96. The normalized spacial score (nSPS) is 12.8. The number of thioether (sulfide) groups is 1. The summed E-state index contributed by atoms with van der Waals surface area (Å²) in [4.78, 5) is 44.8. The molecule has 39 heavy (non-hydrogen) atoms. The Kier molecular flexibility index (Phi) is 10.7. The van der Waals surface area contributed by atoms with Crippen molar-refractivity contribution in [2.75, 3.05) is 12.4 Å². The average Bonchev–Trinajstić information content (AvgIpc) is 3.35. The van der Waals surface area contributed by atoms with Gasteiger partial charge in [-0.25, -0.2) is 0 Å². The van der Waals surface area contributed by atoms with E-state index >= 15 is 0 Å². The number of aliphatic hydroxyl groups excluding tert-OH is 1. The van der Waals surface area contributed by atoms with Crippen LogP contribution in [0.15, 0.2) is 73.2 Å². The van der Waals surface area contributed by atoms with Gasteiger partial charge in [-0.2, -0.15) is 0 Å². The van der Waals surface area contributed by atoms with Gasteiger partial charge in [0.05, 0.1) is 11.9 Å². The summed E-state index contributed by atoms with van der Waals surface area (Å²) in [6.07, 6.45) is 3.70. The van der Waals surface area contributed by atoms with Gasteiger partial charge in [0.1, 0.15) is 12.2 Å². The third kappa shape index (κ3) is 9.56. The van der Waals surface area contributed by atoms with E-state index < -0.39 is 24.0 Å². The van der Waals surface area contributed by atoms with E-state index in [0.717, 1.165) is 11.1 Å². The number of benzene rings is 1. The zero-order valence-electron chi connectivity index (χ0n) is 22.8. The summed E-state index contributed by atoms with van der Waals surface area (Å²) in [5.74, 6) is -1.18. The Morgan fingerprint density at radius 3 is 2.33 bits per heavy atom. The van der Waals surface area contributed by atoms with Crippen molar-refractivity contribution in [1.82, 2.24) is 25.1 Å². The summed E-state index contributed by atoms with van der Waals surface area (Å²) in [5, 5.41) is 17.0. The number of carbonyl (C=O) groups is 3. The van der Waals surface area contributed by atoms with E-state index in [2.05, 4.69) is 15.6 Å². The minimum atomic E-state index is -1.57. The molecular weight excluding hydrogens is 514 g/mol. The fourth-order valence-corrected chi connectivity index (χ4v) is 4.56. The molecule has 3 amide bonds. The molecule has 1 aromatic carbocycles. The second-order valence-corrected chi connectivity index (χ2v) is 12.0. The lowest BCUT2D eigenvalue weighted by molar-refractivity contribution is -0.143. The third-order valence-corrected chi connectivity index (χ3v) is 7.27. The molecule has 10 heteroatoms. The topological polar surface area (TPSA) is 117 Å². The standard InChI is InChI=1S/C29H37N5O4S/c1-29(2,3)39-20-34(19-25(35)31-18-22-12-14-30-15-13-22)28(38)26(36)23(17-21-9-6-5-7-10-21)32-27(37)24-11-8-16-33(24)4/h5-16,23,26,36H,17-20H2,1-4H3,(H,31,35)(H,32,37)/t23-,26-/m0/s1. The van der Waals surface area contributed by atoms with Crippen molar-refractivity contribution in [3.63, 3.8) is 0 Å². The van der Waals surface area contributed by atoms with Crippen molar-refractivity contribution in [1.29, 1.82) is 0 Å². The highest BCUT2D eigenvalue weighted by atomic mass is 32.2. The van der Waals surface area contributed by atoms with Crippen molar-refractivity contribution in [3.8, 4) is 0 Å². The molecular formula is C29H37N5O4S. The van der Waals surface area contributed by atoms with E-state index in [0.29, 0.717) is 12.2 Å². The fourth-order valence-electron chi connectivity index (χ4n) is 3.80. The minimum Gasteiger partial charge on any atom is -0.381 e. The molecule has 0 aliphatic carbocycles. The number of amides is 3. The summed E-state index contributed by atoms with van der Waals surface area (Å²) in [7, 11) is 1.75. The highest BCUT2D eigenvalue weighted by Crippen LogP contribution is 2.24. The Hall–Kier alpha value is -3.63. The van der Waals surface area contributed by atoms with Crippen LogP contribution in [-0.2, 0) is 29.6 Å². The van der Waals surface area contributed by atoms with Crippen LogP contribution in [0.25, 0.3) is 0 Å². The van der Waals surface area contributed by atoms with E-state index in [1.165, 1.54) is 16.7 Å². The smallest absolute Gasteiger partial charge is 0.268 e. The van der Waals surface area contributed by atoms with Gasteiger partial charge in [0, 0.05) is 36.9 Å². The molecule has 0 saturated carbocycles. The van der Waals surface area contributed by atoms with Crippen LogP contribution < -0.4 is 10.6 Å². The number of hydrogen-bond donors (Lipinski definition) is 3. The van der Waals surface area contributed by atoms with Gasteiger partial charge in [0.15, 0.2) is 6.10 Å². The first kappa shape index (κ1) is 29.9. The van der Waals surface area contributed by atoms with E-state index in [4.69, 9.17) is 0 Å². The van der Waals surface area contributed by atoms with Gasteiger partial charge >= 0.3 is 0 Å². The van der Waals surface area contributed by atoms with E-state index in [-0.39, 0.29) is 29.5 Å². The van der Waals surface area contributed by atoms with Gasteiger partial charge in [0.2, 0.25) is 5.91 Å². The number of aryl methyl sites for hydroxylation is 1. The van der Waals surface area contributed by atoms with E-state index in [9.17, 15) is 19.5 Å². The molecule has 0 aliphatic rings. The van der Waals surface area contributed by atoms with Crippen LogP contribution in [-0.4, -0.2) is 66.6 Å². The molecule has 0 saturated heterocycles. The molecule has 2 atom stereocenters. The molecule has 0 radical (unpaired) electrons. The quantitative estimate of drug-likeness (QED) is 0.298. The molecule has 3 rings (SSSR count).